The third kappa shape index (κ3) is 6.16. The van der Waals surface area contributed by atoms with Crippen molar-refractivity contribution >= 4 is 5.96 Å². The van der Waals surface area contributed by atoms with Gasteiger partial charge in [0.05, 0.1) is 14.2 Å². The number of nitrogens with one attached hydrogen (secondary N) is 1. The van der Waals surface area contributed by atoms with Crippen LogP contribution in [0, 0.1) is 5.82 Å². The van der Waals surface area contributed by atoms with Crippen molar-refractivity contribution in [1.82, 2.24) is 10.2 Å². The summed E-state index contributed by atoms with van der Waals surface area (Å²) in [6, 6.07) is 12.4. The minimum Gasteiger partial charge on any atom is -0.493 e. The molecule has 0 aliphatic heterocycles. The lowest BCUT2D eigenvalue weighted by atomic mass is 10.1. The topological polar surface area (TPSA) is 46.1 Å². The highest BCUT2D eigenvalue weighted by Crippen LogP contribution is 2.27. The van der Waals surface area contributed by atoms with Crippen LogP contribution in [0.5, 0.6) is 11.5 Å². The Labute approximate surface area is 160 Å². The van der Waals surface area contributed by atoms with Crippen LogP contribution in [0.2, 0.25) is 0 Å². The van der Waals surface area contributed by atoms with Gasteiger partial charge in [0.1, 0.15) is 5.82 Å². The van der Waals surface area contributed by atoms with E-state index in [0.717, 1.165) is 41.6 Å². The molecule has 0 aromatic heterocycles. The van der Waals surface area contributed by atoms with Gasteiger partial charge in [0.25, 0.3) is 0 Å². The van der Waals surface area contributed by atoms with Gasteiger partial charge in [0.15, 0.2) is 17.5 Å². The van der Waals surface area contributed by atoms with E-state index in [2.05, 4.69) is 5.32 Å². The average molecular weight is 373 g/mol. The van der Waals surface area contributed by atoms with Crippen molar-refractivity contribution < 1.29 is 13.9 Å². The van der Waals surface area contributed by atoms with E-state index in [1.807, 2.05) is 37.1 Å². The molecule has 0 saturated carbocycles. The molecule has 6 heteroatoms. The number of nitrogens with zero attached hydrogens (tertiary/aromatic N) is 2. The highest BCUT2D eigenvalue weighted by molar-refractivity contribution is 5.79. The number of guanidine groups is 1. The summed E-state index contributed by atoms with van der Waals surface area (Å²) in [5.41, 5.74) is 2.16. The molecule has 0 unspecified atom stereocenters. The molecule has 0 spiro atoms. The number of halogens is 1. The van der Waals surface area contributed by atoms with Crippen LogP contribution in [0.4, 0.5) is 4.39 Å². The van der Waals surface area contributed by atoms with Crippen molar-refractivity contribution in [3.8, 4) is 11.5 Å². The zero-order chi connectivity index (χ0) is 19.6. The molecular formula is C21H28FN3O2. The van der Waals surface area contributed by atoms with Crippen LogP contribution < -0.4 is 14.8 Å². The van der Waals surface area contributed by atoms with Crippen LogP contribution in [-0.4, -0.2) is 45.2 Å². The van der Waals surface area contributed by atoms with Crippen molar-refractivity contribution in [2.45, 2.75) is 19.9 Å². The molecule has 27 heavy (non-hydrogen) atoms. The molecule has 0 heterocycles. The third-order valence-electron chi connectivity index (χ3n) is 4.14. The fourth-order valence-electron chi connectivity index (χ4n) is 2.74. The molecule has 0 bridgehead atoms. The molecule has 0 aliphatic rings. The Hall–Kier alpha value is -2.76. The van der Waals surface area contributed by atoms with E-state index in [1.165, 1.54) is 12.1 Å². The number of hydrogen-bond donors (Lipinski definition) is 1. The quantitative estimate of drug-likeness (QED) is 0.568. The SMILES string of the molecule is CCNC(=NCCc1ccc(OC)c(OC)c1)N(C)Cc1ccc(F)cc1. The van der Waals surface area contributed by atoms with Gasteiger partial charge in [-0.05, 0) is 48.7 Å². The van der Waals surface area contributed by atoms with Crippen molar-refractivity contribution in [2.24, 2.45) is 4.99 Å². The van der Waals surface area contributed by atoms with Crippen LogP contribution >= 0.6 is 0 Å². The van der Waals surface area contributed by atoms with E-state index in [1.54, 1.807) is 26.4 Å². The Morgan fingerprint density at radius 1 is 1.04 bits per heavy atom. The zero-order valence-corrected chi connectivity index (χ0v) is 16.5. The second-order valence-electron chi connectivity index (χ2n) is 6.16. The van der Waals surface area contributed by atoms with E-state index in [4.69, 9.17) is 14.5 Å². The van der Waals surface area contributed by atoms with Gasteiger partial charge in [-0.1, -0.05) is 18.2 Å². The molecule has 0 amide bonds. The lowest BCUT2D eigenvalue weighted by Crippen LogP contribution is -2.38. The summed E-state index contributed by atoms with van der Waals surface area (Å²) in [5.74, 6) is 2.04. The predicted molar refractivity (Wildman–Crippen MR) is 107 cm³/mol. The fraction of sp³-hybridized carbons (Fsp3) is 0.381. The van der Waals surface area contributed by atoms with E-state index in [-0.39, 0.29) is 5.82 Å². The first-order chi connectivity index (χ1) is 13.1. The molecule has 0 aliphatic carbocycles. The molecule has 0 fully saturated rings. The van der Waals surface area contributed by atoms with Gasteiger partial charge in [-0.25, -0.2) is 4.39 Å². The summed E-state index contributed by atoms with van der Waals surface area (Å²) in [6.07, 6.45) is 0.791. The van der Waals surface area contributed by atoms with Crippen LogP contribution in [0.3, 0.4) is 0 Å². The normalized spacial score (nSPS) is 11.2. The summed E-state index contributed by atoms with van der Waals surface area (Å²) >= 11 is 0. The summed E-state index contributed by atoms with van der Waals surface area (Å²) in [4.78, 5) is 6.74. The van der Waals surface area contributed by atoms with Gasteiger partial charge in [0.2, 0.25) is 0 Å². The summed E-state index contributed by atoms with van der Waals surface area (Å²) < 4.78 is 23.7. The molecule has 2 aromatic rings. The molecule has 0 atom stereocenters. The third-order valence-corrected chi connectivity index (χ3v) is 4.14. The van der Waals surface area contributed by atoms with Gasteiger partial charge in [-0.15, -0.1) is 0 Å². The van der Waals surface area contributed by atoms with E-state index < -0.39 is 0 Å². The molecule has 5 nitrogen and oxygen atoms in total. The monoisotopic (exact) mass is 373 g/mol. The second kappa shape index (κ2) is 10.4. The van der Waals surface area contributed by atoms with Crippen molar-refractivity contribution in [3.05, 3.63) is 59.4 Å². The standard InChI is InChI=1S/C21H28FN3O2/c1-5-23-21(25(2)15-17-6-9-18(22)10-7-17)24-13-12-16-8-11-19(26-3)20(14-16)27-4/h6-11,14H,5,12-13,15H2,1-4H3,(H,23,24). The Morgan fingerprint density at radius 3 is 2.33 bits per heavy atom. The molecule has 146 valence electrons. The smallest absolute Gasteiger partial charge is 0.193 e. The first-order valence-corrected chi connectivity index (χ1v) is 9.02. The van der Waals surface area contributed by atoms with Gasteiger partial charge in [-0.3, -0.25) is 4.99 Å². The number of methoxy groups -OCH3 is 2. The zero-order valence-electron chi connectivity index (χ0n) is 16.5. The molecular weight excluding hydrogens is 345 g/mol. The highest BCUT2D eigenvalue weighted by Gasteiger charge is 2.08. The lowest BCUT2D eigenvalue weighted by molar-refractivity contribution is 0.354. The van der Waals surface area contributed by atoms with Crippen molar-refractivity contribution in [2.75, 3.05) is 34.4 Å². The van der Waals surface area contributed by atoms with E-state index >= 15 is 0 Å². The minimum absolute atomic E-state index is 0.225. The van der Waals surface area contributed by atoms with Gasteiger partial charge in [-0.2, -0.15) is 0 Å². The number of aliphatic imine (C=N–C) groups is 1. The minimum atomic E-state index is -0.225. The maximum absolute atomic E-state index is 13.1. The number of hydrogen-bond acceptors (Lipinski definition) is 3. The number of ether oxygens (including phenoxy) is 2. The summed E-state index contributed by atoms with van der Waals surface area (Å²) in [7, 11) is 5.23. The average Bonchev–Trinajstić information content (AvgIpc) is 2.68. The highest BCUT2D eigenvalue weighted by atomic mass is 19.1. The van der Waals surface area contributed by atoms with E-state index in [9.17, 15) is 4.39 Å². The maximum Gasteiger partial charge on any atom is 0.193 e. The summed E-state index contributed by atoms with van der Waals surface area (Å²) in [5, 5.41) is 3.30. The first kappa shape index (κ1) is 20.6. The molecule has 1 N–H and O–H groups in total. The Bertz CT molecular complexity index is 748. The van der Waals surface area contributed by atoms with Gasteiger partial charge >= 0.3 is 0 Å². The largest absolute Gasteiger partial charge is 0.493 e. The van der Waals surface area contributed by atoms with Gasteiger partial charge in [0, 0.05) is 26.7 Å². The summed E-state index contributed by atoms with van der Waals surface area (Å²) in [6.45, 7) is 4.12. The number of rotatable bonds is 8. The fourth-order valence-corrected chi connectivity index (χ4v) is 2.74. The van der Waals surface area contributed by atoms with Crippen LogP contribution in [0.1, 0.15) is 18.1 Å². The van der Waals surface area contributed by atoms with Crippen LogP contribution in [-0.2, 0) is 13.0 Å². The maximum atomic E-state index is 13.1. The molecule has 0 radical (unpaired) electrons. The second-order valence-corrected chi connectivity index (χ2v) is 6.16. The molecule has 0 saturated heterocycles. The Morgan fingerprint density at radius 2 is 1.70 bits per heavy atom. The Kier molecular flexibility index (Phi) is 7.92. The molecule has 2 rings (SSSR count). The predicted octanol–water partition coefficient (Wildman–Crippen LogP) is 3.48. The Balaban J connectivity index is 2.00. The van der Waals surface area contributed by atoms with Crippen molar-refractivity contribution in [1.29, 1.82) is 0 Å². The van der Waals surface area contributed by atoms with Crippen LogP contribution in [0.25, 0.3) is 0 Å². The van der Waals surface area contributed by atoms with Gasteiger partial charge < -0.3 is 19.7 Å². The van der Waals surface area contributed by atoms with E-state index in [0.29, 0.717) is 13.1 Å². The van der Waals surface area contributed by atoms with Crippen molar-refractivity contribution in [3.63, 3.8) is 0 Å². The molecule has 2 aromatic carbocycles. The first-order valence-electron chi connectivity index (χ1n) is 9.02. The number of benzene rings is 2. The van der Waals surface area contributed by atoms with Crippen LogP contribution in [0.15, 0.2) is 47.5 Å². The lowest BCUT2D eigenvalue weighted by Gasteiger charge is -2.22.